The number of nitro groups is 3. The van der Waals surface area contributed by atoms with Gasteiger partial charge in [0.25, 0.3) is 0 Å². The molecule has 0 bridgehead atoms. The minimum absolute atomic E-state index is 0.594. The van der Waals surface area contributed by atoms with E-state index in [0.717, 1.165) is 12.1 Å². The van der Waals surface area contributed by atoms with Gasteiger partial charge in [-0.3, -0.25) is 30.3 Å². The summed E-state index contributed by atoms with van der Waals surface area (Å²) < 4.78 is 0. The fourth-order valence-corrected chi connectivity index (χ4v) is 1.29. The Morgan fingerprint density at radius 2 is 1.24 bits per heavy atom. The van der Waals surface area contributed by atoms with E-state index in [1.54, 1.807) is 6.92 Å². The van der Waals surface area contributed by atoms with Gasteiger partial charge in [0.05, 0.1) is 0 Å². The highest BCUT2D eigenvalue weighted by Crippen LogP contribution is 2.26. The van der Waals surface area contributed by atoms with Crippen molar-refractivity contribution in [3.05, 3.63) is 65.7 Å². The molecule has 0 spiro atoms. The highest BCUT2D eigenvalue weighted by atomic mass is 16.7. The van der Waals surface area contributed by atoms with Crippen LogP contribution in [-0.4, -0.2) is 14.8 Å². The predicted molar refractivity (Wildman–Crippen MR) is 53.8 cm³/mol. The Kier molecular flexibility index (Phi) is 3.03. The van der Waals surface area contributed by atoms with Gasteiger partial charge in [-0.05, 0) is 19.1 Å². The Labute approximate surface area is 94.1 Å². The second kappa shape index (κ2) is 4.12. The van der Waals surface area contributed by atoms with Crippen LogP contribution in [-0.2, 0) is 5.79 Å². The van der Waals surface area contributed by atoms with Crippen LogP contribution >= 0.6 is 0 Å². The number of benzene rings is 1. The Balaban J connectivity index is 3.53. The van der Waals surface area contributed by atoms with Crippen LogP contribution in [0.15, 0.2) is 24.3 Å². The van der Waals surface area contributed by atoms with Crippen LogP contribution in [0, 0.1) is 37.3 Å². The van der Waals surface area contributed by atoms with Crippen molar-refractivity contribution in [3.8, 4) is 0 Å². The normalized spacial score (nSPS) is 10.9. The van der Waals surface area contributed by atoms with Gasteiger partial charge in [-0.15, -0.1) is 0 Å². The Bertz CT molecular complexity index is 446. The highest BCUT2D eigenvalue weighted by Gasteiger charge is 2.72. The summed E-state index contributed by atoms with van der Waals surface area (Å²) in [5.41, 5.74) is 0.0841. The van der Waals surface area contributed by atoms with Crippen molar-refractivity contribution in [3.63, 3.8) is 0 Å². The van der Waals surface area contributed by atoms with E-state index in [0.29, 0.717) is 5.56 Å². The molecule has 1 aromatic carbocycles. The van der Waals surface area contributed by atoms with Crippen LogP contribution in [0.25, 0.3) is 0 Å². The lowest BCUT2D eigenvalue weighted by atomic mass is 10.1. The van der Waals surface area contributed by atoms with E-state index in [-0.39, 0.29) is 0 Å². The van der Waals surface area contributed by atoms with Crippen LogP contribution in [0.1, 0.15) is 11.1 Å². The zero-order chi connectivity index (χ0) is 13.2. The van der Waals surface area contributed by atoms with Crippen molar-refractivity contribution in [2.75, 3.05) is 0 Å². The Morgan fingerprint density at radius 1 is 0.882 bits per heavy atom. The molecular weight excluding hydrogens is 234 g/mol. The van der Waals surface area contributed by atoms with Crippen LogP contribution in [0.4, 0.5) is 0 Å². The molecule has 0 aromatic heterocycles. The fourth-order valence-electron chi connectivity index (χ4n) is 1.29. The van der Waals surface area contributed by atoms with Crippen molar-refractivity contribution in [2.24, 2.45) is 0 Å². The van der Waals surface area contributed by atoms with Gasteiger partial charge in [0, 0.05) is 0 Å². The second-order valence-corrected chi connectivity index (χ2v) is 3.27. The van der Waals surface area contributed by atoms with Gasteiger partial charge in [0.1, 0.15) is 0 Å². The summed E-state index contributed by atoms with van der Waals surface area (Å²) in [7, 11) is 0. The molecule has 1 aromatic rings. The molecule has 90 valence electrons. The summed E-state index contributed by atoms with van der Waals surface area (Å²) in [4.78, 5) is 27.6. The average molecular weight is 241 g/mol. The van der Waals surface area contributed by atoms with E-state index in [2.05, 4.69) is 0 Å². The summed E-state index contributed by atoms with van der Waals surface area (Å²) in [6.07, 6.45) is 0. The third kappa shape index (κ3) is 1.77. The molecule has 0 aliphatic heterocycles. The highest BCUT2D eigenvalue weighted by molar-refractivity contribution is 5.23. The van der Waals surface area contributed by atoms with Gasteiger partial charge in [0.2, 0.25) is 0 Å². The van der Waals surface area contributed by atoms with E-state index in [4.69, 9.17) is 0 Å². The lowest BCUT2D eigenvalue weighted by Gasteiger charge is -2.08. The zero-order valence-corrected chi connectivity index (χ0v) is 8.60. The first-order valence-electron chi connectivity index (χ1n) is 4.34. The SMILES string of the molecule is Cc1ccc(C([N+](=O)[O-])([N+](=O)[O-])[N+](=O)[O-])cc1. The second-order valence-electron chi connectivity index (χ2n) is 3.27. The quantitative estimate of drug-likeness (QED) is 0.438. The van der Waals surface area contributed by atoms with E-state index in [1.807, 2.05) is 0 Å². The summed E-state index contributed by atoms with van der Waals surface area (Å²) >= 11 is 0. The monoisotopic (exact) mass is 241 g/mol. The molecule has 0 amide bonds. The van der Waals surface area contributed by atoms with Crippen LogP contribution in [0.3, 0.4) is 0 Å². The first-order valence-corrected chi connectivity index (χ1v) is 4.34. The molecule has 0 atom stereocenters. The zero-order valence-electron chi connectivity index (χ0n) is 8.60. The molecule has 0 aliphatic rings. The van der Waals surface area contributed by atoms with Crippen molar-refractivity contribution < 1.29 is 14.8 Å². The molecule has 0 unspecified atom stereocenters. The predicted octanol–water partition coefficient (Wildman–Crippen LogP) is 0.935. The molecule has 1 rings (SSSR count). The topological polar surface area (TPSA) is 129 Å². The summed E-state index contributed by atoms with van der Waals surface area (Å²) in [6, 6.07) is 4.68. The minimum Gasteiger partial charge on any atom is -0.252 e. The molecule has 0 heterocycles. The van der Waals surface area contributed by atoms with Gasteiger partial charge >= 0.3 is 5.79 Å². The Morgan fingerprint density at radius 3 is 1.53 bits per heavy atom. The van der Waals surface area contributed by atoms with E-state index < -0.39 is 26.1 Å². The minimum atomic E-state index is -3.55. The third-order valence-electron chi connectivity index (χ3n) is 2.20. The first kappa shape index (κ1) is 12.5. The number of hydrogen-bond acceptors (Lipinski definition) is 6. The summed E-state index contributed by atoms with van der Waals surface area (Å²) in [5, 5.41) is 32.1. The smallest absolute Gasteiger partial charge is 0.252 e. The van der Waals surface area contributed by atoms with E-state index >= 15 is 0 Å². The van der Waals surface area contributed by atoms with Gasteiger partial charge in [0.15, 0.2) is 20.3 Å². The molecule has 0 N–H and O–H groups in total. The summed E-state index contributed by atoms with van der Waals surface area (Å²) in [5.74, 6) is -3.55. The summed E-state index contributed by atoms with van der Waals surface area (Å²) in [6.45, 7) is 1.65. The van der Waals surface area contributed by atoms with Crippen LogP contribution in [0.5, 0.6) is 0 Å². The van der Waals surface area contributed by atoms with Gasteiger partial charge in [-0.25, -0.2) is 0 Å². The van der Waals surface area contributed by atoms with Gasteiger partial charge in [-0.2, -0.15) is 0 Å². The molecule has 17 heavy (non-hydrogen) atoms. The van der Waals surface area contributed by atoms with Crippen molar-refractivity contribution in [1.29, 1.82) is 0 Å². The van der Waals surface area contributed by atoms with Crippen molar-refractivity contribution >= 4 is 0 Å². The lowest BCUT2D eigenvalue weighted by Crippen LogP contribution is -2.50. The fraction of sp³-hybridized carbons (Fsp3) is 0.250. The maximum atomic E-state index is 10.7. The van der Waals surface area contributed by atoms with Crippen molar-refractivity contribution in [1.82, 2.24) is 0 Å². The number of hydrogen-bond donors (Lipinski definition) is 0. The van der Waals surface area contributed by atoms with E-state index in [9.17, 15) is 30.3 Å². The maximum absolute atomic E-state index is 10.7. The number of rotatable bonds is 4. The largest absolute Gasteiger partial charge is 0.728 e. The van der Waals surface area contributed by atoms with Gasteiger partial charge in [-0.1, -0.05) is 17.7 Å². The molecule has 0 saturated heterocycles. The standard InChI is InChI=1S/C8H7N3O6/c1-6-2-4-7(5-3-6)8(9(12)13,10(14)15)11(16)17/h2-5H,1H3. The van der Waals surface area contributed by atoms with Crippen LogP contribution < -0.4 is 0 Å². The molecular formula is C8H7N3O6. The van der Waals surface area contributed by atoms with Gasteiger partial charge < -0.3 is 0 Å². The molecule has 0 radical (unpaired) electrons. The number of aryl methyl sites for hydroxylation is 1. The van der Waals surface area contributed by atoms with Crippen LogP contribution in [0.2, 0.25) is 0 Å². The van der Waals surface area contributed by atoms with E-state index in [1.165, 1.54) is 12.1 Å². The molecule has 9 nitrogen and oxygen atoms in total. The molecule has 0 saturated carbocycles. The molecule has 9 heteroatoms. The lowest BCUT2D eigenvalue weighted by molar-refractivity contribution is -0.986. The first-order chi connectivity index (χ1) is 7.83. The third-order valence-corrected chi connectivity index (χ3v) is 2.20. The maximum Gasteiger partial charge on any atom is 0.728 e. The van der Waals surface area contributed by atoms with Crippen molar-refractivity contribution in [2.45, 2.75) is 12.7 Å². The molecule has 0 fully saturated rings. The number of nitrogens with zero attached hydrogens (tertiary/aromatic N) is 3. The Hall–Kier alpha value is -2.58. The molecule has 0 aliphatic carbocycles. The average Bonchev–Trinajstić information content (AvgIpc) is 2.20.